The van der Waals surface area contributed by atoms with Gasteiger partial charge >= 0.3 is 0 Å². The highest BCUT2D eigenvalue weighted by atomic mass is 16.1. The summed E-state index contributed by atoms with van der Waals surface area (Å²) in [4.78, 5) is 16.2. The van der Waals surface area contributed by atoms with E-state index in [1.807, 2.05) is 0 Å². The molecule has 0 bridgehead atoms. The van der Waals surface area contributed by atoms with Gasteiger partial charge in [0.15, 0.2) is 0 Å². The Morgan fingerprint density at radius 1 is 1.45 bits per heavy atom. The molecule has 1 amide bonds. The summed E-state index contributed by atoms with van der Waals surface area (Å²) in [6.07, 6.45) is 10.8. The number of nitrogens with one attached hydrogen (secondary N) is 2. The first kappa shape index (κ1) is 12.8. The monoisotopic (exact) mass is 271 g/mol. The van der Waals surface area contributed by atoms with Crippen LogP contribution in [-0.4, -0.2) is 40.1 Å². The molecule has 0 fully saturated rings. The molecule has 1 aliphatic rings. The Hall–Kier alpha value is -2.21. The van der Waals surface area contributed by atoms with Crippen molar-refractivity contribution in [2.45, 2.75) is 12.8 Å². The fourth-order valence-electron chi connectivity index (χ4n) is 2.34. The number of hydrogen-bond donors (Lipinski definition) is 2. The van der Waals surface area contributed by atoms with Crippen molar-refractivity contribution in [1.82, 2.24) is 25.2 Å². The van der Waals surface area contributed by atoms with Gasteiger partial charge in [-0.15, -0.1) is 0 Å². The lowest BCUT2D eigenvalue weighted by Gasteiger charge is -2.14. The summed E-state index contributed by atoms with van der Waals surface area (Å²) in [5.41, 5.74) is 2.70. The Bertz CT molecular complexity index is 646. The van der Waals surface area contributed by atoms with E-state index in [0.717, 1.165) is 31.4 Å². The van der Waals surface area contributed by atoms with E-state index in [1.54, 1.807) is 29.3 Å². The average Bonchev–Trinajstić information content (AvgIpc) is 2.92. The van der Waals surface area contributed by atoms with Crippen molar-refractivity contribution in [2.24, 2.45) is 0 Å². The van der Waals surface area contributed by atoms with Gasteiger partial charge in [0, 0.05) is 25.5 Å². The van der Waals surface area contributed by atoms with Crippen LogP contribution >= 0.6 is 0 Å². The van der Waals surface area contributed by atoms with Gasteiger partial charge in [-0.25, -0.2) is 4.52 Å². The molecule has 3 rings (SSSR count). The summed E-state index contributed by atoms with van der Waals surface area (Å²) in [6.45, 7) is 2.62. The van der Waals surface area contributed by atoms with Gasteiger partial charge in [0.2, 0.25) is 0 Å². The fourth-order valence-corrected chi connectivity index (χ4v) is 2.34. The molecule has 0 aromatic carbocycles. The molecule has 0 radical (unpaired) electrons. The van der Waals surface area contributed by atoms with Gasteiger partial charge in [-0.2, -0.15) is 5.10 Å². The molecule has 0 saturated carbocycles. The minimum Gasteiger partial charge on any atom is -0.352 e. The second kappa shape index (κ2) is 5.83. The van der Waals surface area contributed by atoms with E-state index in [-0.39, 0.29) is 5.91 Å². The van der Waals surface area contributed by atoms with Gasteiger partial charge in [0.1, 0.15) is 0 Å². The third-order valence-corrected chi connectivity index (χ3v) is 3.46. The number of nitrogens with zero attached hydrogens (tertiary/aromatic N) is 3. The van der Waals surface area contributed by atoms with Gasteiger partial charge < -0.3 is 10.6 Å². The number of aromatic nitrogens is 3. The van der Waals surface area contributed by atoms with Gasteiger partial charge in [0.25, 0.3) is 5.91 Å². The predicted octanol–water partition coefficient (Wildman–Crippen LogP) is 0.769. The normalized spacial score (nSPS) is 15.1. The first-order chi connectivity index (χ1) is 9.84. The minimum atomic E-state index is -0.0949. The highest BCUT2D eigenvalue weighted by Crippen LogP contribution is 2.10. The number of carbonyl (C=O) groups is 1. The van der Waals surface area contributed by atoms with Crippen molar-refractivity contribution in [3.8, 4) is 0 Å². The second-order valence-electron chi connectivity index (χ2n) is 4.79. The largest absolute Gasteiger partial charge is 0.352 e. The Kier molecular flexibility index (Phi) is 3.73. The molecule has 2 aromatic heterocycles. The average molecular weight is 271 g/mol. The summed E-state index contributed by atoms with van der Waals surface area (Å²) in [6, 6.07) is 0. The highest BCUT2D eigenvalue weighted by Gasteiger charge is 2.12. The van der Waals surface area contributed by atoms with Gasteiger partial charge in [-0.1, -0.05) is 11.6 Å². The SMILES string of the molecule is O=C(NCCC1=CCNCC1)c1cnn2ccncc12. The van der Waals surface area contributed by atoms with E-state index in [9.17, 15) is 4.79 Å². The quantitative estimate of drug-likeness (QED) is 0.806. The molecular weight excluding hydrogens is 254 g/mol. The predicted molar refractivity (Wildman–Crippen MR) is 75.5 cm³/mol. The molecule has 0 unspecified atom stereocenters. The maximum absolute atomic E-state index is 12.1. The molecule has 0 aliphatic carbocycles. The summed E-state index contributed by atoms with van der Waals surface area (Å²) < 4.78 is 1.65. The maximum Gasteiger partial charge on any atom is 0.255 e. The number of fused-ring (bicyclic) bond motifs is 1. The standard InChI is InChI=1S/C14H17N5O/c20-14(17-6-3-11-1-4-15-5-2-11)12-9-18-19-8-7-16-10-13(12)19/h1,7-10,15H,2-6H2,(H,17,20). The number of hydrogen-bond acceptors (Lipinski definition) is 4. The number of amides is 1. The van der Waals surface area contributed by atoms with Crippen molar-refractivity contribution in [3.05, 3.63) is 42.0 Å². The molecule has 0 atom stereocenters. The highest BCUT2D eigenvalue weighted by molar-refractivity contribution is 6.00. The number of carbonyl (C=O) groups excluding carboxylic acids is 1. The van der Waals surface area contributed by atoms with Gasteiger partial charge in [-0.3, -0.25) is 9.78 Å². The molecule has 3 heterocycles. The van der Waals surface area contributed by atoms with Crippen LogP contribution in [0.5, 0.6) is 0 Å². The van der Waals surface area contributed by atoms with Crippen LogP contribution in [0.1, 0.15) is 23.2 Å². The van der Waals surface area contributed by atoms with Crippen molar-refractivity contribution < 1.29 is 4.79 Å². The smallest absolute Gasteiger partial charge is 0.255 e. The molecule has 6 heteroatoms. The van der Waals surface area contributed by atoms with Crippen LogP contribution in [0.15, 0.2) is 36.4 Å². The van der Waals surface area contributed by atoms with Crippen LogP contribution < -0.4 is 10.6 Å². The first-order valence-electron chi connectivity index (χ1n) is 6.79. The van der Waals surface area contributed by atoms with E-state index < -0.39 is 0 Å². The van der Waals surface area contributed by atoms with Crippen molar-refractivity contribution in [3.63, 3.8) is 0 Å². The van der Waals surface area contributed by atoms with Crippen molar-refractivity contribution in [1.29, 1.82) is 0 Å². The summed E-state index contributed by atoms with van der Waals surface area (Å²) in [7, 11) is 0. The topological polar surface area (TPSA) is 71.3 Å². The third-order valence-electron chi connectivity index (χ3n) is 3.46. The van der Waals surface area contributed by atoms with Crippen LogP contribution in [0.4, 0.5) is 0 Å². The maximum atomic E-state index is 12.1. The molecule has 0 spiro atoms. The van der Waals surface area contributed by atoms with Crippen LogP contribution in [0.25, 0.3) is 5.52 Å². The Morgan fingerprint density at radius 3 is 3.25 bits per heavy atom. The van der Waals surface area contributed by atoms with Crippen molar-refractivity contribution >= 4 is 11.4 Å². The summed E-state index contributed by atoms with van der Waals surface area (Å²) >= 11 is 0. The second-order valence-corrected chi connectivity index (χ2v) is 4.79. The first-order valence-corrected chi connectivity index (χ1v) is 6.79. The molecular formula is C14H17N5O. The zero-order valence-corrected chi connectivity index (χ0v) is 11.2. The summed E-state index contributed by atoms with van der Waals surface area (Å²) in [5, 5.41) is 10.4. The molecule has 6 nitrogen and oxygen atoms in total. The van der Waals surface area contributed by atoms with Crippen molar-refractivity contribution in [2.75, 3.05) is 19.6 Å². The minimum absolute atomic E-state index is 0.0949. The lowest BCUT2D eigenvalue weighted by Crippen LogP contribution is -2.26. The Labute approximate surface area is 116 Å². The molecule has 104 valence electrons. The van der Waals surface area contributed by atoms with Crippen LogP contribution in [0, 0.1) is 0 Å². The van der Waals surface area contributed by atoms with E-state index in [2.05, 4.69) is 26.8 Å². The van der Waals surface area contributed by atoms with E-state index in [1.165, 1.54) is 5.57 Å². The zero-order chi connectivity index (χ0) is 13.8. The molecule has 1 aliphatic heterocycles. The Balaban J connectivity index is 1.60. The molecule has 0 saturated heterocycles. The lowest BCUT2D eigenvalue weighted by atomic mass is 10.1. The van der Waals surface area contributed by atoms with E-state index >= 15 is 0 Å². The summed E-state index contributed by atoms with van der Waals surface area (Å²) in [5.74, 6) is -0.0949. The number of rotatable bonds is 4. The Morgan fingerprint density at radius 2 is 2.40 bits per heavy atom. The van der Waals surface area contributed by atoms with Gasteiger partial charge in [0.05, 0.1) is 23.5 Å². The third kappa shape index (κ3) is 2.70. The van der Waals surface area contributed by atoms with E-state index in [0.29, 0.717) is 12.1 Å². The van der Waals surface area contributed by atoms with E-state index in [4.69, 9.17) is 0 Å². The molecule has 2 aromatic rings. The molecule has 20 heavy (non-hydrogen) atoms. The fraction of sp³-hybridized carbons (Fsp3) is 0.357. The van der Waals surface area contributed by atoms with Crippen LogP contribution in [-0.2, 0) is 0 Å². The molecule has 2 N–H and O–H groups in total. The van der Waals surface area contributed by atoms with Crippen LogP contribution in [0.3, 0.4) is 0 Å². The zero-order valence-electron chi connectivity index (χ0n) is 11.2. The lowest BCUT2D eigenvalue weighted by molar-refractivity contribution is 0.0955. The van der Waals surface area contributed by atoms with Crippen LogP contribution in [0.2, 0.25) is 0 Å². The van der Waals surface area contributed by atoms with Gasteiger partial charge in [-0.05, 0) is 19.4 Å².